The van der Waals surface area contributed by atoms with Crippen molar-refractivity contribution in [3.8, 4) is 11.6 Å². The number of aryl methyl sites for hydroxylation is 1. The Morgan fingerprint density at radius 3 is 2.50 bits per heavy atom. The van der Waals surface area contributed by atoms with Gasteiger partial charge < -0.3 is 9.64 Å². The van der Waals surface area contributed by atoms with Gasteiger partial charge in [0.15, 0.2) is 0 Å². The molecule has 5 rings (SSSR count). The fourth-order valence-electron chi connectivity index (χ4n) is 3.63. The van der Waals surface area contributed by atoms with Crippen molar-refractivity contribution >= 4 is 38.6 Å². The van der Waals surface area contributed by atoms with Crippen LogP contribution in [0.2, 0.25) is 0 Å². The SMILES string of the molecule is Cc1nc(Oc2ccccc2)cc(N2CCN(S(=O)(=O)c3cccc4nsnc34)CC2)n1. The van der Waals surface area contributed by atoms with E-state index in [1.54, 1.807) is 24.3 Å². The summed E-state index contributed by atoms with van der Waals surface area (Å²) in [6, 6.07) is 16.3. The number of aromatic nitrogens is 4. The number of fused-ring (bicyclic) bond motifs is 1. The van der Waals surface area contributed by atoms with Crippen molar-refractivity contribution in [2.45, 2.75) is 11.8 Å². The number of ether oxygens (including phenoxy) is 1. The lowest BCUT2D eigenvalue weighted by Gasteiger charge is -2.34. The molecule has 1 aliphatic heterocycles. The standard InChI is InChI=1S/C21H20N6O3S2/c1-15-22-19(14-20(23-15)30-16-6-3-2-4-7-16)26-10-12-27(13-11-26)32(28,29)18-9-5-8-17-21(18)25-31-24-17/h2-9,14H,10-13H2,1H3. The van der Waals surface area contributed by atoms with E-state index < -0.39 is 10.0 Å². The van der Waals surface area contributed by atoms with Crippen LogP contribution < -0.4 is 9.64 Å². The van der Waals surface area contributed by atoms with Gasteiger partial charge in [0.2, 0.25) is 15.9 Å². The molecule has 3 heterocycles. The smallest absolute Gasteiger partial charge is 0.245 e. The summed E-state index contributed by atoms with van der Waals surface area (Å²) < 4.78 is 42.2. The Kier molecular flexibility index (Phi) is 5.45. The Morgan fingerprint density at radius 1 is 0.938 bits per heavy atom. The van der Waals surface area contributed by atoms with Crippen molar-refractivity contribution < 1.29 is 13.2 Å². The lowest BCUT2D eigenvalue weighted by molar-refractivity contribution is 0.383. The molecule has 0 bridgehead atoms. The summed E-state index contributed by atoms with van der Waals surface area (Å²) in [5.74, 6) is 2.45. The number of piperazine rings is 1. The van der Waals surface area contributed by atoms with Gasteiger partial charge in [0.1, 0.15) is 33.3 Å². The van der Waals surface area contributed by atoms with Gasteiger partial charge in [-0.3, -0.25) is 0 Å². The van der Waals surface area contributed by atoms with Crippen molar-refractivity contribution in [3.05, 3.63) is 60.4 Å². The summed E-state index contributed by atoms with van der Waals surface area (Å²) >= 11 is 1.01. The molecule has 0 saturated carbocycles. The zero-order valence-electron chi connectivity index (χ0n) is 17.2. The predicted octanol–water partition coefficient (Wildman–Crippen LogP) is 3.09. The second-order valence-electron chi connectivity index (χ2n) is 7.31. The molecule has 1 fully saturated rings. The molecule has 0 N–H and O–H groups in total. The van der Waals surface area contributed by atoms with Crippen molar-refractivity contribution in [2.24, 2.45) is 0 Å². The maximum absolute atomic E-state index is 13.3. The first-order chi connectivity index (χ1) is 15.5. The maximum Gasteiger partial charge on any atom is 0.245 e. The summed E-state index contributed by atoms with van der Waals surface area (Å²) in [5, 5.41) is 0. The molecule has 32 heavy (non-hydrogen) atoms. The van der Waals surface area contributed by atoms with Crippen molar-refractivity contribution in [1.82, 2.24) is 23.0 Å². The summed E-state index contributed by atoms with van der Waals surface area (Å²) in [6.45, 7) is 3.50. The van der Waals surface area contributed by atoms with Crippen LogP contribution in [-0.4, -0.2) is 57.6 Å². The Labute approximate surface area is 189 Å². The van der Waals surface area contributed by atoms with E-state index in [1.807, 2.05) is 42.2 Å². The predicted molar refractivity (Wildman–Crippen MR) is 122 cm³/mol. The number of hydrogen-bond donors (Lipinski definition) is 0. The third-order valence-corrected chi connectivity index (χ3v) is 7.67. The quantitative estimate of drug-likeness (QED) is 0.440. The van der Waals surface area contributed by atoms with Gasteiger partial charge in [-0.1, -0.05) is 24.3 Å². The van der Waals surface area contributed by atoms with Crippen LogP contribution >= 0.6 is 11.7 Å². The van der Waals surface area contributed by atoms with Crippen LogP contribution in [0.4, 0.5) is 5.82 Å². The molecule has 2 aromatic heterocycles. The van der Waals surface area contributed by atoms with Gasteiger partial charge in [-0.05, 0) is 31.2 Å². The van der Waals surface area contributed by atoms with Crippen LogP contribution in [0.15, 0.2) is 59.5 Å². The topological polar surface area (TPSA) is 101 Å². The van der Waals surface area contributed by atoms with Crippen LogP contribution in [0.5, 0.6) is 11.6 Å². The number of benzene rings is 2. The van der Waals surface area contributed by atoms with E-state index in [0.29, 0.717) is 60.5 Å². The maximum atomic E-state index is 13.3. The van der Waals surface area contributed by atoms with E-state index in [-0.39, 0.29) is 4.90 Å². The van der Waals surface area contributed by atoms with Gasteiger partial charge in [-0.2, -0.15) is 18.0 Å². The summed E-state index contributed by atoms with van der Waals surface area (Å²) in [6.07, 6.45) is 0. The van der Waals surface area contributed by atoms with E-state index >= 15 is 0 Å². The molecule has 1 saturated heterocycles. The van der Waals surface area contributed by atoms with Gasteiger partial charge in [0.25, 0.3) is 0 Å². The molecule has 0 spiro atoms. The number of sulfonamides is 1. The summed E-state index contributed by atoms with van der Waals surface area (Å²) in [4.78, 5) is 11.1. The van der Waals surface area contributed by atoms with Gasteiger partial charge >= 0.3 is 0 Å². The fraction of sp³-hybridized carbons (Fsp3) is 0.238. The molecular weight excluding hydrogens is 448 g/mol. The first kappa shape index (κ1) is 20.7. The zero-order valence-corrected chi connectivity index (χ0v) is 18.9. The van der Waals surface area contributed by atoms with Gasteiger partial charge in [0.05, 0.1) is 11.7 Å². The van der Waals surface area contributed by atoms with Crippen molar-refractivity contribution in [1.29, 1.82) is 0 Å². The lowest BCUT2D eigenvalue weighted by atomic mass is 10.3. The highest BCUT2D eigenvalue weighted by Gasteiger charge is 2.31. The van der Waals surface area contributed by atoms with Gasteiger partial charge in [0, 0.05) is 32.2 Å². The highest BCUT2D eigenvalue weighted by atomic mass is 32.2. The molecule has 0 amide bonds. The van der Waals surface area contributed by atoms with E-state index in [0.717, 1.165) is 11.7 Å². The third-order valence-electron chi connectivity index (χ3n) is 5.20. The number of rotatable bonds is 5. The highest BCUT2D eigenvalue weighted by Crippen LogP contribution is 2.27. The molecular formula is C21H20N6O3S2. The van der Waals surface area contributed by atoms with Crippen molar-refractivity contribution in [2.75, 3.05) is 31.1 Å². The van der Waals surface area contributed by atoms with E-state index in [9.17, 15) is 8.42 Å². The molecule has 1 aliphatic rings. The first-order valence-electron chi connectivity index (χ1n) is 10.1. The molecule has 0 atom stereocenters. The minimum atomic E-state index is -3.67. The lowest BCUT2D eigenvalue weighted by Crippen LogP contribution is -2.49. The molecule has 0 unspecified atom stereocenters. The molecule has 9 nitrogen and oxygen atoms in total. The first-order valence-corrected chi connectivity index (χ1v) is 12.2. The Hall–Kier alpha value is -3.15. The van der Waals surface area contributed by atoms with Crippen LogP contribution in [-0.2, 0) is 10.0 Å². The third kappa shape index (κ3) is 4.01. The van der Waals surface area contributed by atoms with E-state index in [1.165, 1.54) is 4.31 Å². The Bertz CT molecular complexity index is 1350. The van der Waals surface area contributed by atoms with Crippen molar-refractivity contribution in [3.63, 3.8) is 0 Å². The molecule has 2 aromatic carbocycles. The normalized spacial score (nSPS) is 15.2. The Morgan fingerprint density at radius 2 is 1.72 bits per heavy atom. The molecule has 164 valence electrons. The van der Waals surface area contributed by atoms with Gasteiger partial charge in [-0.25, -0.2) is 13.4 Å². The molecule has 0 aliphatic carbocycles. The highest BCUT2D eigenvalue weighted by molar-refractivity contribution is 7.89. The number of anilines is 1. The largest absolute Gasteiger partial charge is 0.439 e. The summed E-state index contributed by atoms with van der Waals surface area (Å²) in [5.41, 5.74) is 1.02. The minimum absolute atomic E-state index is 0.202. The average molecular weight is 469 g/mol. The number of hydrogen-bond acceptors (Lipinski definition) is 9. The van der Waals surface area contributed by atoms with E-state index in [2.05, 4.69) is 18.7 Å². The molecule has 11 heteroatoms. The number of para-hydroxylation sites is 1. The molecule has 0 radical (unpaired) electrons. The second kappa shape index (κ2) is 8.41. The second-order valence-corrected chi connectivity index (χ2v) is 9.74. The van der Waals surface area contributed by atoms with Gasteiger partial charge in [-0.15, -0.1) is 0 Å². The molecule has 4 aromatic rings. The monoisotopic (exact) mass is 468 g/mol. The van der Waals surface area contributed by atoms with E-state index in [4.69, 9.17) is 4.74 Å². The van der Waals surface area contributed by atoms with Crippen LogP contribution in [0.25, 0.3) is 11.0 Å². The zero-order chi connectivity index (χ0) is 22.1. The Balaban J connectivity index is 1.33. The minimum Gasteiger partial charge on any atom is -0.439 e. The fourth-order valence-corrected chi connectivity index (χ4v) is 5.81. The number of nitrogens with zero attached hydrogens (tertiary/aromatic N) is 6. The average Bonchev–Trinajstić information content (AvgIpc) is 3.28. The van der Waals surface area contributed by atoms with Crippen LogP contribution in [0.1, 0.15) is 5.82 Å². The summed E-state index contributed by atoms with van der Waals surface area (Å²) in [7, 11) is -3.67. The van der Waals surface area contributed by atoms with Crippen LogP contribution in [0, 0.1) is 6.92 Å². The van der Waals surface area contributed by atoms with Crippen LogP contribution in [0.3, 0.4) is 0 Å².